The van der Waals surface area contributed by atoms with Crippen LogP contribution in [-0.4, -0.2) is 24.6 Å². The Balaban J connectivity index is 3.01. The van der Waals surface area contributed by atoms with Crippen LogP contribution >= 0.6 is 11.8 Å². The van der Waals surface area contributed by atoms with Gasteiger partial charge in [0.15, 0.2) is 0 Å². The number of nitrogens with one attached hydrogen (secondary N) is 1. The van der Waals surface area contributed by atoms with Crippen molar-refractivity contribution in [3.05, 3.63) is 12.7 Å². The SMILES string of the molecule is C=CCSCCNCC(C)C#N. The van der Waals surface area contributed by atoms with Gasteiger partial charge in [0.2, 0.25) is 0 Å². The van der Waals surface area contributed by atoms with Crippen LogP contribution in [0.4, 0.5) is 0 Å². The van der Waals surface area contributed by atoms with Crippen LogP contribution < -0.4 is 5.32 Å². The zero-order valence-corrected chi connectivity index (χ0v) is 8.36. The highest BCUT2D eigenvalue weighted by atomic mass is 32.2. The highest BCUT2D eigenvalue weighted by Gasteiger charge is 1.96. The van der Waals surface area contributed by atoms with E-state index >= 15 is 0 Å². The van der Waals surface area contributed by atoms with Gasteiger partial charge in [0.05, 0.1) is 12.0 Å². The first kappa shape index (κ1) is 11.5. The van der Waals surface area contributed by atoms with Gasteiger partial charge in [-0.3, -0.25) is 0 Å². The highest BCUT2D eigenvalue weighted by molar-refractivity contribution is 7.99. The second-order valence-corrected chi connectivity index (χ2v) is 3.75. The van der Waals surface area contributed by atoms with Crippen LogP contribution in [-0.2, 0) is 0 Å². The van der Waals surface area contributed by atoms with Gasteiger partial charge in [-0.25, -0.2) is 0 Å². The van der Waals surface area contributed by atoms with E-state index < -0.39 is 0 Å². The van der Waals surface area contributed by atoms with Crippen molar-refractivity contribution in [2.75, 3.05) is 24.6 Å². The largest absolute Gasteiger partial charge is 0.315 e. The summed E-state index contributed by atoms with van der Waals surface area (Å²) < 4.78 is 0. The van der Waals surface area contributed by atoms with Crippen LogP contribution in [0.5, 0.6) is 0 Å². The molecule has 0 aliphatic rings. The smallest absolute Gasteiger partial charge is 0.0666 e. The molecule has 1 N–H and O–H groups in total. The molecule has 0 aliphatic heterocycles. The minimum absolute atomic E-state index is 0.120. The van der Waals surface area contributed by atoms with Crippen molar-refractivity contribution in [2.45, 2.75) is 6.92 Å². The molecule has 0 aromatic rings. The Hall–Kier alpha value is -0.460. The van der Waals surface area contributed by atoms with Crippen LogP contribution in [0.3, 0.4) is 0 Å². The normalized spacial score (nSPS) is 12.0. The molecular weight excluding hydrogens is 168 g/mol. The van der Waals surface area contributed by atoms with E-state index in [-0.39, 0.29) is 5.92 Å². The molecule has 3 heteroatoms. The first-order chi connectivity index (χ1) is 5.81. The molecule has 0 aromatic heterocycles. The summed E-state index contributed by atoms with van der Waals surface area (Å²) >= 11 is 1.85. The lowest BCUT2D eigenvalue weighted by molar-refractivity contribution is 0.623. The second-order valence-electron chi connectivity index (χ2n) is 2.60. The molecule has 1 atom stereocenters. The van der Waals surface area contributed by atoms with E-state index in [1.807, 2.05) is 24.8 Å². The molecule has 0 aromatic carbocycles. The third-order valence-electron chi connectivity index (χ3n) is 1.33. The van der Waals surface area contributed by atoms with Crippen molar-refractivity contribution in [1.82, 2.24) is 5.32 Å². The number of rotatable bonds is 7. The number of hydrogen-bond donors (Lipinski definition) is 1. The first-order valence-corrected chi connectivity index (χ1v) is 5.25. The zero-order valence-electron chi connectivity index (χ0n) is 7.55. The Morgan fingerprint density at radius 2 is 2.50 bits per heavy atom. The van der Waals surface area contributed by atoms with Gasteiger partial charge in [0.1, 0.15) is 0 Å². The minimum Gasteiger partial charge on any atom is -0.315 e. The van der Waals surface area contributed by atoms with E-state index in [2.05, 4.69) is 18.0 Å². The standard InChI is InChI=1S/C9H16N2S/c1-3-5-12-6-4-11-8-9(2)7-10/h3,9,11H,1,4-6,8H2,2H3. The molecule has 0 heterocycles. The number of hydrogen-bond acceptors (Lipinski definition) is 3. The lowest BCUT2D eigenvalue weighted by atomic mass is 10.2. The molecule has 0 aliphatic carbocycles. The fourth-order valence-corrected chi connectivity index (χ4v) is 1.30. The van der Waals surface area contributed by atoms with E-state index in [1.54, 1.807) is 0 Å². The number of nitrogens with zero attached hydrogens (tertiary/aromatic N) is 1. The van der Waals surface area contributed by atoms with Crippen molar-refractivity contribution in [2.24, 2.45) is 5.92 Å². The third-order valence-corrected chi connectivity index (χ3v) is 2.29. The van der Waals surface area contributed by atoms with E-state index in [0.717, 1.165) is 24.6 Å². The first-order valence-electron chi connectivity index (χ1n) is 4.10. The summed E-state index contributed by atoms with van der Waals surface area (Å²) in [4.78, 5) is 0. The van der Waals surface area contributed by atoms with E-state index in [4.69, 9.17) is 5.26 Å². The molecule has 2 nitrogen and oxygen atoms in total. The summed E-state index contributed by atoms with van der Waals surface area (Å²) in [7, 11) is 0. The molecule has 0 bridgehead atoms. The maximum Gasteiger partial charge on any atom is 0.0666 e. The molecule has 12 heavy (non-hydrogen) atoms. The van der Waals surface area contributed by atoms with Gasteiger partial charge in [-0.1, -0.05) is 6.08 Å². The molecule has 0 amide bonds. The second kappa shape index (κ2) is 8.63. The molecule has 0 rings (SSSR count). The van der Waals surface area contributed by atoms with Gasteiger partial charge in [-0.2, -0.15) is 17.0 Å². The van der Waals surface area contributed by atoms with Crippen LogP contribution in [0.25, 0.3) is 0 Å². The summed E-state index contributed by atoms with van der Waals surface area (Å²) in [5.74, 6) is 2.22. The van der Waals surface area contributed by atoms with Crippen LogP contribution in [0.15, 0.2) is 12.7 Å². The zero-order chi connectivity index (χ0) is 9.23. The van der Waals surface area contributed by atoms with Gasteiger partial charge in [0, 0.05) is 24.6 Å². The van der Waals surface area contributed by atoms with Gasteiger partial charge in [-0.15, -0.1) is 6.58 Å². The molecule has 0 radical (unpaired) electrons. The van der Waals surface area contributed by atoms with E-state index in [0.29, 0.717) is 0 Å². The lowest BCUT2D eigenvalue weighted by Crippen LogP contribution is -2.22. The third kappa shape index (κ3) is 7.64. The van der Waals surface area contributed by atoms with Gasteiger partial charge in [-0.05, 0) is 6.92 Å². The molecular formula is C9H16N2S. The fraction of sp³-hybridized carbons (Fsp3) is 0.667. The average molecular weight is 184 g/mol. The maximum absolute atomic E-state index is 8.47. The quantitative estimate of drug-likeness (QED) is 0.483. The lowest BCUT2D eigenvalue weighted by Gasteiger charge is -2.04. The van der Waals surface area contributed by atoms with Gasteiger partial charge < -0.3 is 5.32 Å². The monoisotopic (exact) mass is 184 g/mol. The summed E-state index contributed by atoms with van der Waals surface area (Å²) in [5.41, 5.74) is 0. The van der Waals surface area contributed by atoms with Crippen molar-refractivity contribution < 1.29 is 0 Å². The Kier molecular flexibility index (Phi) is 8.30. The molecule has 0 fully saturated rings. The molecule has 0 spiro atoms. The maximum atomic E-state index is 8.47. The van der Waals surface area contributed by atoms with E-state index in [1.165, 1.54) is 0 Å². The predicted octanol–water partition coefficient (Wildman–Crippen LogP) is 1.65. The van der Waals surface area contributed by atoms with Gasteiger partial charge in [0.25, 0.3) is 0 Å². The predicted molar refractivity (Wildman–Crippen MR) is 55.2 cm³/mol. The summed E-state index contributed by atoms with van der Waals surface area (Å²) in [6.45, 7) is 7.33. The topological polar surface area (TPSA) is 35.8 Å². The van der Waals surface area contributed by atoms with Crippen LogP contribution in [0.1, 0.15) is 6.92 Å². The number of nitriles is 1. The van der Waals surface area contributed by atoms with Crippen molar-refractivity contribution in [3.63, 3.8) is 0 Å². The molecule has 0 saturated carbocycles. The van der Waals surface area contributed by atoms with Crippen molar-refractivity contribution >= 4 is 11.8 Å². The highest BCUT2D eigenvalue weighted by Crippen LogP contribution is 1.97. The minimum atomic E-state index is 0.120. The Morgan fingerprint density at radius 3 is 3.08 bits per heavy atom. The summed E-state index contributed by atoms with van der Waals surface area (Å²) in [5, 5.41) is 11.7. The summed E-state index contributed by atoms with van der Waals surface area (Å²) in [6.07, 6.45) is 1.91. The van der Waals surface area contributed by atoms with Crippen LogP contribution in [0.2, 0.25) is 0 Å². The van der Waals surface area contributed by atoms with Crippen molar-refractivity contribution in [3.8, 4) is 6.07 Å². The fourth-order valence-electron chi connectivity index (χ4n) is 0.675. The molecule has 0 saturated heterocycles. The average Bonchev–Trinajstić information content (AvgIpc) is 2.10. The Bertz CT molecular complexity index is 151. The van der Waals surface area contributed by atoms with Crippen molar-refractivity contribution in [1.29, 1.82) is 5.26 Å². The van der Waals surface area contributed by atoms with Crippen LogP contribution in [0, 0.1) is 17.2 Å². The Morgan fingerprint density at radius 1 is 1.75 bits per heavy atom. The van der Waals surface area contributed by atoms with Gasteiger partial charge >= 0.3 is 0 Å². The summed E-state index contributed by atoms with van der Waals surface area (Å²) in [6, 6.07) is 2.18. The molecule has 68 valence electrons. The Labute approximate surface area is 79.0 Å². The molecule has 1 unspecified atom stereocenters. The number of thioether (sulfide) groups is 1. The van der Waals surface area contributed by atoms with E-state index in [9.17, 15) is 0 Å².